The smallest absolute Gasteiger partial charge is 0.316 e. The maximum atomic E-state index is 11.3. The topological polar surface area (TPSA) is 70.2 Å². The number of aromatic nitrogens is 2. The molecule has 2 amide bonds. The number of hydrogen-bond acceptors (Lipinski definition) is 4. The summed E-state index contributed by atoms with van der Waals surface area (Å²) in [6.07, 6.45) is 1.61. The number of hydrogen-bond donors (Lipinski definition) is 2. The summed E-state index contributed by atoms with van der Waals surface area (Å²) in [4.78, 5) is 21.5. The van der Waals surface area contributed by atoms with E-state index in [9.17, 15) is 4.79 Å². The van der Waals surface area contributed by atoms with E-state index in [1.165, 1.54) is 4.90 Å². The van der Waals surface area contributed by atoms with E-state index < -0.39 is 0 Å². The summed E-state index contributed by atoms with van der Waals surface area (Å²) in [7, 11) is 3.37. The fourth-order valence-corrected chi connectivity index (χ4v) is 1.93. The highest BCUT2D eigenvalue weighted by molar-refractivity contribution is 6.42. The number of halogens is 2. The molecule has 1 heterocycles. The molecule has 0 aliphatic heterocycles. The quantitative estimate of drug-likeness (QED) is 0.847. The lowest BCUT2D eigenvalue weighted by Gasteiger charge is -2.12. The van der Waals surface area contributed by atoms with Crippen molar-refractivity contribution in [3.8, 4) is 0 Å². The van der Waals surface area contributed by atoms with Gasteiger partial charge >= 0.3 is 6.03 Å². The van der Waals surface area contributed by atoms with Gasteiger partial charge in [0.2, 0.25) is 0 Å². The third-order valence-corrected chi connectivity index (χ3v) is 3.42. The van der Waals surface area contributed by atoms with Crippen molar-refractivity contribution in [2.45, 2.75) is 0 Å². The molecule has 0 radical (unpaired) electrons. The molecule has 2 rings (SSSR count). The van der Waals surface area contributed by atoms with Gasteiger partial charge in [0.05, 0.1) is 27.3 Å². The second-order valence-corrected chi connectivity index (χ2v) is 5.38. The molecular weight excluding hydrogens is 313 g/mol. The van der Waals surface area contributed by atoms with E-state index in [1.54, 1.807) is 32.4 Å². The Morgan fingerprint density at radius 1 is 1.19 bits per heavy atom. The Balaban J connectivity index is 1.97. The Bertz CT molecular complexity index is 662. The Labute approximate surface area is 132 Å². The van der Waals surface area contributed by atoms with Crippen molar-refractivity contribution < 1.29 is 4.79 Å². The SMILES string of the molecule is CN(C)C(=O)NCCNc1cnc2cc(Cl)c(Cl)cc2n1. The number of carbonyl (C=O) groups is 1. The van der Waals surface area contributed by atoms with Crippen LogP contribution in [0, 0.1) is 0 Å². The summed E-state index contributed by atoms with van der Waals surface area (Å²) in [6.45, 7) is 1.03. The van der Waals surface area contributed by atoms with Crippen molar-refractivity contribution in [3.05, 3.63) is 28.4 Å². The zero-order chi connectivity index (χ0) is 15.4. The third-order valence-electron chi connectivity index (χ3n) is 2.70. The number of anilines is 1. The van der Waals surface area contributed by atoms with Crippen LogP contribution >= 0.6 is 23.2 Å². The molecule has 0 fully saturated rings. The lowest BCUT2D eigenvalue weighted by atomic mass is 10.3. The molecule has 8 heteroatoms. The van der Waals surface area contributed by atoms with Gasteiger partial charge in [0.1, 0.15) is 5.82 Å². The maximum Gasteiger partial charge on any atom is 0.316 e. The number of rotatable bonds is 4. The first-order chi connectivity index (χ1) is 9.97. The van der Waals surface area contributed by atoms with Gasteiger partial charge in [0.15, 0.2) is 0 Å². The number of nitrogens with one attached hydrogen (secondary N) is 2. The van der Waals surface area contributed by atoms with E-state index in [-0.39, 0.29) is 6.03 Å². The molecule has 0 atom stereocenters. The lowest BCUT2D eigenvalue weighted by molar-refractivity contribution is 0.218. The summed E-state index contributed by atoms with van der Waals surface area (Å²) in [5, 5.41) is 6.71. The summed E-state index contributed by atoms with van der Waals surface area (Å²) in [6, 6.07) is 3.21. The second-order valence-electron chi connectivity index (χ2n) is 4.56. The molecule has 2 N–H and O–H groups in total. The molecule has 1 aromatic carbocycles. The highest BCUT2D eigenvalue weighted by atomic mass is 35.5. The molecule has 0 bridgehead atoms. The van der Waals surface area contributed by atoms with Gasteiger partial charge in [0, 0.05) is 27.2 Å². The molecule has 2 aromatic rings. The van der Waals surface area contributed by atoms with Crippen LogP contribution in [-0.2, 0) is 0 Å². The second kappa shape index (κ2) is 6.78. The zero-order valence-corrected chi connectivity index (χ0v) is 13.2. The predicted octanol–water partition coefficient (Wildman–Crippen LogP) is 2.62. The monoisotopic (exact) mass is 327 g/mol. The molecule has 0 aliphatic carbocycles. The van der Waals surface area contributed by atoms with Crippen molar-refractivity contribution >= 4 is 46.1 Å². The van der Waals surface area contributed by atoms with Crippen molar-refractivity contribution in [1.82, 2.24) is 20.2 Å². The predicted molar refractivity (Wildman–Crippen MR) is 85.1 cm³/mol. The highest BCUT2D eigenvalue weighted by Gasteiger charge is 2.05. The standard InChI is InChI=1S/C13H15Cl2N5O/c1-20(2)13(21)17-4-3-16-12-7-18-10-5-8(14)9(15)6-11(10)19-12/h5-7H,3-4H2,1-2H3,(H,16,19)(H,17,21). The van der Waals surface area contributed by atoms with Crippen LogP contribution in [0.2, 0.25) is 10.0 Å². The van der Waals surface area contributed by atoms with Gasteiger partial charge in [-0.15, -0.1) is 0 Å². The van der Waals surface area contributed by atoms with Gasteiger partial charge in [0.25, 0.3) is 0 Å². The van der Waals surface area contributed by atoms with Gasteiger partial charge in [-0.3, -0.25) is 4.98 Å². The number of benzene rings is 1. The van der Waals surface area contributed by atoms with Crippen LogP contribution in [0.1, 0.15) is 0 Å². The van der Waals surface area contributed by atoms with Gasteiger partial charge in [-0.1, -0.05) is 23.2 Å². The summed E-state index contributed by atoms with van der Waals surface area (Å²) in [5.41, 5.74) is 1.34. The molecule has 1 aromatic heterocycles. The normalized spacial score (nSPS) is 10.5. The minimum atomic E-state index is -0.136. The first kappa shape index (κ1) is 15.6. The largest absolute Gasteiger partial charge is 0.367 e. The number of fused-ring (bicyclic) bond motifs is 1. The van der Waals surface area contributed by atoms with Crippen molar-refractivity contribution in [3.63, 3.8) is 0 Å². The minimum absolute atomic E-state index is 0.136. The van der Waals surface area contributed by atoms with E-state index in [2.05, 4.69) is 20.6 Å². The Hall–Kier alpha value is -1.79. The van der Waals surface area contributed by atoms with Crippen molar-refractivity contribution in [1.29, 1.82) is 0 Å². The average molecular weight is 328 g/mol. The maximum absolute atomic E-state index is 11.3. The molecule has 0 spiro atoms. The molecule has 21 heavy (non-hydrogen) atoms. The van der Waals surface area contributed by atoms with E-state index >= 15 is 0 Å². The highest BCUT2D eigenvalue weighted by Crippen LogP contribution is 2.26. The van der Waals surface area contributed by atoms with Crippen LogP contribution in [0.5, 0.6) is 0 Å². The van der Waals surface area contributed by atoms with E-state index in [0.717, 1.165) is 0 Å². The summed E-state index contributed by atoms with van der Waals surface area (Å²) >= 11 is 11.9. The third kappa shape index (κ3) is 4.09. The number of nitrogens with zero attached hydrogens (tertiary/aromatic N) is 3. The first-order valence-corrected chi connectivity index (χ1v) is 7.04. The average Bonchev–Trinajstić information content (AvgIpc) is 2.44. The molecule has 6 nitrogen and oxygen atoms in total. The van der Waals surface area contributed by atoms with Crippen molar-refractivity contribution in [2.75, 3.05) is 32.5 Å². The Morgan fingerprint density at radius 3 is 2.52 bits per heavy atom. The fraction of sp³-hybridized carbons (Fsp3) is 0.308. The lowest BCUT2D eigenvalue weighted by Crippen LogP contribution is -2.37. The Kier molecular flexibility index (Phi) is 5.03. The number of urea groups is 1. The van der Waals surface area contributed by atoms with Crippen LogP contribution in [0.4, 0.5) is 10.6 Å². The first-order valence-electron chi connectivity index (χ1n) is 6.28. The molecule has 0 saturated heterocycles. The van der Waals surface area contributed by atoms with Crippen LogP contribution in [0.3, 0.4) is 0 Å². The van der Waals surface area contributed by atoms with Gasteiger partial charge in [-0.2, -0.15) is 0 Å². The van der Waals surface area contributed by atoms with Crippen LogP contribution in [-0.4, -0.2) is 48.1 Å². The van der Waals surface area contributed by atoms with Crippen LogP contribution in [0.25, 0.3) is 11.0 Å². The molecule has 112 valence electrons. The summed E-state index contributed by atoms with van der Waals surface area (Å²) < 4.78 is 0. The van der Waals surface area contributed by atoms with Gasteiger partial charge in [-0.25, -0.2) is 9.78 Å². The van der Waals surface area contributed by atoms with Gasteiger partial charge < -0.3 is 15.5 Å². The van der Waals surface area contributed by atoms with Crippen LogP contribution in [0.15, 0.2) is 18.3 Å². The minimum Gasteiger partial charge on any atom is -0.367 e. The summed E-state index contributed by atoms with van der Waals surface area (Å²) in [5.74, 6) is 0.611. The Morgan fingerprint density at radius 2 is 1.86 bits per heavy atom. The van der Waals surface area contributed by atoms with Gasteiger partial charge in [-0.05, 0) is 12.1 Å². The fourth-order valence-electron chi connectivity index (χ4n) is 1.61. The van der Waals surface area contributed by atoms with Crippen molar-refractivity contribution in [2.24, 2.45) is 0 Å². The van der Waals surface area contributed by atoms with Crippen LogP contribution < -0.4 is 10.6 Å². The number of carbonyl (C=O) groups excluding carboxylic acids is 1. The number of amides is 2. The molecule has 0 saturated carbocycles. The van der Waals surface area contributed by atoms with E-state index in [4.69, 9.17) is 23.2 Å². The molecule has 0 unspecified atom stereocenters. The molecular formula is C13H15Cl2N5O. The van der Waals surface area contributed by atoms with E-state index in [0.29, 0.717) is 40.0 Å². The molecule has 0 aliphatic rings. The zero-order valence-electron chi connectivity index (χ0n) is 11.7. The van der Waals surface area contributed by atoms with E-state index in [1.807, 2.05) is 0 Å².